The van der Waals surface area contributed by atoms with Crippen LogP contribution in [0.1, 0.15) is 19.1 Å². The first-order valence-corrected chi connectivity index (χ1v) is 14.7. The zero-order chi connectivity index (χ0) is 27.9. The van der Waals surface area contributed by atoms with Crippen LogP contribution in [0, 0.1) is 0 Å². The fourth-order valence-corrected chi connectivity index (χ4v) is 7.34. The van der Waals surface area contributed by atoms with Gasteiger partial charge in [-0.05, 0) is 0 Å². The summed E-state index contributed by atoms with van der Waals surface area (Å²) < 4.78 is 82.9. The van der Waals surface area contributed by atoms with E-state index in [1.54, 1.807) is 0 Å². The van der Waals surface area contributed by atoms with Gasteiger partial charge in [0.05, 0.1) is 13.0 Å². The Balaban J connectivity index is 2.23. The van der Waals surface area contributed by atoms with Gasteiger partial charge in [-0.2, -0.15) is 8.62 Å². The zero-order valence-corrected chi connectivity index (χ0v) is 22.9. The van der Waals surface area contributed by atoms with Gasteiger partial charge in [-0.3, -0.25) is 41.8 Å². The lowest BCUT2D eigenvalue weighted by Crippen LogP contribution is -2.32. The predicted octanol–water partition coefficient (Wildman–Crippen LogP) is 1.04. The van der Waals surface area contributed by atoms with E-state index in [-0.39, 0.29) is 19.4 Å². The summed E-state index contributed by atoms with van der Waals surface area (Å²) in [6, 6.07) is 1.08. The minimum Gasteiger partial charge on any atom is -0.459 e. The molecular weight excluding hydrogens is 567 g/mol. The number of nitrogens with one attached hydrogen (secondary N) is 1. The summed E-state index contributed by atoms with van der Waals surface area (Å²) in [5, 5.41) is 0. The molecule has 212 valence electrons. The average molecular weight is 595 g/mol. The molecule has 21 heteroatoms. The number of phosphoric ester groups is 2. The van der Waals surface area contributed by atoms with E-state index in [9.17, 15) is 28.1 Å². The van der Waals surface area contributed by atoms with Crippen LogP contribution in [-0.4, -0.2) is 69.3 Å². The number of phosphoric acid groups is 3. The van der Waals surface area contributed by atoms with Crippen molar-refractivity contribution in [2.45, 2.75) is 31.3 Å². The van der Waals surface area contributed by atoms with Gasteiger partial charge in [0.1, 0.15) is 18.4 Å². The average Bonchev–Trinajstić information content (AvgIpc) is 3.24. The highest BCUT2D eigenvalue weighted by atomic mass is 31.3. The Morgan fingerprint density at radius 3 is 2.19 bits per heavy atom. The number of rotatable bonds is 15. The standard InChI is InChI=1S/C16H28N3O15P3/c1-26-35(23,27-2)33-37(25,29-4)34-36(24,28-3)30-10-12-11(32-15(21)5-7-17)9-14(31-12)19-8-6-13(20)18-16(19)22/h6,8,11-12,14H,5,7,9-10,17H2,1-4H3,(H,18,20,22)/t11?,12-,14-,36?,37?/m1/s1. The van der Waals surface area contributed by atoms with Gasteiger partial charge < -0.3 is 15.2 Å². The van der Waals surface area contributed by atoms with E-state index >= 15 is 0 Å². The Hall–Kier alpha value is -1.52. The van der Waals surface area contributed by atoms with Crippen LogP contribution < -0.4 is 17.0 Å². The molecule has 1 aromatic rings. The summed E-state index contributed by atoms with van der Waals surface area (Å²) in [7, 11) is -10.6. The molecule has 0 saturated carbocycles. The summed E-state index contributed by atoms with van der Waals surface area (Å²) in [6.45, 7) is -0.654. The molecule has 2 heterocycles. The Morgan fingerprint density at radius 2 is 1.65 bits per heavy atom. The van der Waals surface area contributed by atoms with Crippen molar-refractivity contribution in [3.63, 3.8) is 0 Å². The second-order valence-corrected chi connectivity index (χ2v) is 12.7. The molecule has 0 spiro atoms. The largest absolute Gasteiger partial charge is 0.492 e. The third kappa shape index (κ3) is 8.75. The minimum atomic E-state index is -4.92. The smallest absolute Gasteiger partial charge is 0.459 e. The van der Waals surface area contributed by atoms with Crippen LogP contribution in [-0.2, 0) is 59.2 Å². The van der Waals surface area contributed by atoms with Gasteiger partial charge in [-0.1, -0.05) is 0 Å². The number of carbonyl (C=O) groups excluding carboxylic acids is 1. The Morgan fingerprint density at radius 1 is 1.05 bits per heavy atom. The number of carbonyl (C=O) groups is 1. The first-order valence-electron chi connectivity index (χ1n) is 10.3. The van der Waals surface area contributed by atoms with E-state index in [4.69, 9.17) is 28.6 Å². The molecule has 37 heavy (non-hydrogen) atoms. The molecule has 0 bridgehead atoms. The van der Waals surface area contributed by atoms with Crippen LogP contribution in [0.3, 0.4) is 0 Å². The van der Waals surface area contributed by atoms with Crippen LogP contribution in [0.2, 0.25) is 0 Å². The summed E-state index contributed by atoms with van der Waals surface area (Å²) in [4.78, 5) is 37.6. The number of nitrogens with zero attached hydrogens (tertiary/aromatic N) is 1. The zero-order valence-electron chi connectivity index (χ0n) is 20.2. The van der Waals surface area contributed by atoms with Crippen molar-refractivity contribution in [3.05, 3.63) is 33.1 Å². The lowest BCUT2D eigenvalue weighted by Gasteiger charge is -2.24. The number of ether oxygens (including phenoxy) is 2. The molecule has 1 aliphatic heterocycles. The van der Waals surface area contributed by atoms with Crippen molar-refractivity contribution in [2.75, 3.05) is 41.6 Å². The quantitative estimate of drug-likeness (QED) is 0.213. The molecule has 18 nitrogen and oxygen atoms in total. The second kappa shape index (κ2) is 13.5. The first kappa shape index (κ1) is 31.7. The van der Waals surface area contributed by atoms with Crippen LogP contribution >= 0.6 is 23.5 Å². The number of hydrogen-bond acceptors (Lipinski definition) is 16. The van der Waals surface area contributed by atoms with Gasteiger partial charge in [0.15, 0.2) is 0 Å². The fourth-order valence-electron chi connectivity index (χ4n) is 2.89. The molecule has 2 rings (SSSR count). The highest BCUT2D eigenvalue weighted by molar-refractivity contribution is 7.67. The third-order valence-corrected chi connectivity index (χ3v) is 10.1. The Kier molecular flexibility index (Phi) is 11.6. The minimum absolute atomic E-state index is 0.00219. The first-order chi connectivity index (χ1) is 17.3. The Labute approximate surface area is 210 Å². The summed E-state index contributed by atoms with van der Waals surface area (Å²) in [6.07, 6.45) is -2.25. The molecular formula is C16H28N3O15P3. The van der Waals surface area contributed by atoms with Gasteiger partial charge >= 0.3 is 35.1 Å². The van der Waals surface area contributed by atoms with E-state index in [1.807, 2.05) is 0 Å². The van der Waals surface area contributed by atoms with Crippen molar-refractivity contribution in [3.8, 4) is 0 Å². The van der Waals surface area contributed by atoms with Crippen LogP contribution in [0.25, 0.3) is 0 Å². The lowest BCUT2D eigenvalue weighted by molar-refractivity contribution is -0.152. The maximum Gasteiger partial charge on any atom is 0.492 e. The fraction of sp³-hybridized carbons (Fsp3) is 0.688. The topological polar surface area (TPSA) is 232 Å². The van der Waals surface area contributed by atoms with Crippen LogP contribution in [0.4, 0.5) is 0 Å². The molecule has 1 aromatic heterocycles. The molecule has 5 atom stereocenters. The number of aromatic nitrogens is 2. The molecule has 3 unspecified atom stereocenters. The van der Waals surface area contributed by atoms with Crippen LogP contribution in [0.5, 0.6) is 0 Å². The monoisotopic (exact) mass is 595 g/mol. The van der Waals surface area contributed by atoms with E-state index < -0.39 is 65.7 Å². The van der Waals surface area contributed by atoms with E-state index in [1.165, 1.54) is 6.20 Å². The van der Waals surface area contributed by atoms with Gasteiger partial charge in [-0.25, -0.2) is 18.5 Å². The molecule has 0 radical (unpaired) electrons. The molecule has 1 aliphatic rings. The lowest BCUT2D eigenvalue weighted by atomic mass is 10.2. The number of nitrogens with two attached hydrogens (primary N) is 1. The van der Waals surface area contributed by atoms with Crippen molar-refractivity contribution in [1.82, 2.24) is 9.55 Å². The van der Waals surface area contributed by atoms with E-state index in [0.717, 1.165) is 39.1 Å². The van der Waals surface area contributed by atoms with Gasteiger partial charge in [0, 0.05) is 53.7 Å². The summed E-state index contributed by atoms with van der Waals surface area (Å²) in [5.41, 5.74) is 3.93. The predicted molar refractivity (Wildman–Crippen MR) is 122 cm³/mol. The maximum atomic E-state index is 13.0. The summed E-state index contributed by atoms with van der Waals surface area (Å²) in [5.74, 6) is -0.686. The maximum absolute atomic E-state index is 13.0. The van der Waals surface area contributed by atoms with Gasteiger partial charge in [0.25, 0.3) is 5.56 Å². The van der Waals surface area contributed by atoms with Crippen molar-refractivity contribution in [2.24, 2.45) is 5.73 Å². The summed E-state index contributed by atoms with van der Waals surface area (Å²) >= 11 is 0. The molecule has 1 saturated heterocycles. The normalized spacial score (nSPS) is 23.3. The molecule has 0 aliphatic carbocycles. The number of H-pyrrole nitrogens is 1. The van der Waals surface area contributed by atoms with E-state index in [2.05, 4.69) is 22.9 Å². The highest BCUT2D eigenvalue weighted by Gasteiger charge is 2.47. The van der Waals surface area contributed by atoms with Crippen molar-refractivity contribution in [1.29, 1.82) is 0 Å². The van der Waals surface area contributed by atoms with Gasteiger partial charge in [0.2, 0.25) is 0 Å². The number of hydrogen-bond donors (Lipinski definition) is 2. The van der Waals surface area contributed by atoms with Crippen molar-refractivity contribution >= 4 is 29.4 Å². The van der Waals surface area contributed by atoms with Crippen LogP contribution in [0.15, 0.2) is 21.9 Å². The number of esters is 1. The second-order valence-electron chi connectivity index (χ2n) is 6.98. The molecule has 0 amide bonds. The molecule has 1 fully saturated rings. The SMILES string of the molecule is COP(=O)(OC)OP(=O)(OC)OP(=O)(OC)OC[C@H]1O[C@@H](n2ccc(=O)[nH]c2=O)CC1OC(=O)CCN. The Bertz CT molecular complexity index is 1180. The molecule has 0 aromatic carbocycles. The third-order valence-electron chi connectivity index (χ3n) is 4.66. The number of aromatic amines is 1. The van der Waals surface area contributed by atoms with E-state index in [0.29, 0.717) is 0 Å². The van der Waals surface area contributed by atoms with Crippen molar-refractivity contribution < 1.29 is 59.2 Å². The van der Waals surface area contributed by atoms with Gasteiger partial charge in [-0.15, -0.1) is 0 Å². The highest BCUT2D eigenvalue weighted by Crippen LogP contribution is 2.72. The molecule has 3 N–H and O–H groups in total.